The zero-order valence-corrected chi connectivity index (χ0v) is 17.3. The van der Waals surface area contributed by atoms with Crippen LogP contribution in [0.3, 0.4) is 0 Å². The van der Waals surface area contributed by atoms with Crippen molar-refractivity contribution in [2.24, 2.45) is 0 Å². The van der Waals surface area contributed by atoms with E-state index >= 15 is 0 Å². The number of hydrogen-bond acceptors (Lipinski definition) is 5. The molecule has 152 valence electrons. The van der Waals surface area contributed by atoms with Crippen LogP contribution in [0.4, 0.5) is 0 Å². The lowest BCUT2D eigenvalue weighted by atomic mass is 10.1. The summed E-state index contributed by atoms with van der Waals surface area (Å²) in [4.78, 5) is 30.5. The van der Waals surface area contributed by atoms with Gasteiger partial charge in [0, 0.05) is 12.1 Å². The maximum absolute atomic E-state index is 13.2. The Hall–Kier alpha value is -3.89. The highest BCUT2D eigenvalue weighted by atomic mass is 32.2. The fraction of sp³-hybridized carbons (Fsp3) is 0.0833. The first-order valence-corrected chi connectivity index (χ1v) is 10.6. The molecule has 6 nitrogen and oxygen atoms in total. The Morgan fingerprint density at radius 2 is 1.74 bits per heavy atom. The average Bonchev–Trinajstić information content (AvgIpc) is 2.82. The van der Waals surface area contributed by atoms with Crippen LogP contribution < -0.4 is 10.9 Å². The molecule has 0 aliphatic rings. The van der Waals surface area contributed by atoms with Gasteiger partial charge in [0.2, 0.25) is 0 Å². The number of rotatable bonds is 6. The van der Waals surface area contributed by atoms with E-state index in [1.165, 1.54) is 16.3 Å². The van der Waals surface area contributed by atoms with Crippen LogP contribution in [0.15, 0.2) is 88.8 Å². The molecular formula is C24H18N4O2S. The minimum absolute atomic E-state index is 0.155. The molecule has 1 aromatic heterocycles. The third kappa shape index (κ3) is 4.49. The van der Waals surface area contributed by atoms with Crippen LogP contribution >= 0.6 is 11.8 Å². The highest BCUT2D eigenvalue weighted by Gasteiger charge is 2.15. The van der Waals surface area contributed by atoms with Crippen molar-refractivity contribution in [3.8, 4) is 11.8 Å². The minimum atomic E-state index is -0.244. The molecule has 4 rings (SSSR count). The Morgan fingerprint density at radius 1 is 1.03 bits per heavy atom. The number of hydrogen-bond donors (Lipinski definition) is 1. The molecule has 0 unspecified atom stereocenters. The number of nitrogens with one attached hydrogen (secondary N) is 1. The van der Waals surface area contributed by atoms with Crippen molar-refractivity contribution in [3.05, 3.63) is 100 Å². The molecule has 0 fully saturated rings. The molecule has 0 saturated carbocycles. The van der Waals surface area contributed by atoms with Crippen molar-refractivity contribution in [1.29, 1.82) is 5.26 Å². The van der Waals surface area contributed by atoms with Crippen LogP contribution in [-0.4, -0.2) is 21.2 Å². The van der Waals surface area contributed by atoms with Gasteiger partial charge in [0.1, 0.15) is 0 Å². The SMILES string of the molecule is N#CCSc1nc2cc(C(=O)NCc3ccccc3)ccc2c(=O)n1-c1ccccc1. The zero-order valence-electron chi connectivity index (χ0n) is 16.5. The molecule has 3 aromatic carbocycles. The molecule has 0 radical (unpaired) electrons. The number of fused-ring (bicyclic) bond motifs is 1. The number of para-hydroxylation sites is 1. The quantitative estimate of drug-likeness (QED) is 0.373. The van der Waals surface area contributed by atoms with Gasteiger partial charge < -0.3 is 5.32 Å². The lowest BCUT2D eigenvalue weighted by Gasteiger charge is -2.13. The first kappa shape index (κ1) is 20.4. The topological polar surface area (TPSA) is 87.8 Å². The normalized spacial score (nSPS) is 10.5. The molecule has 0 aliphatic heterocycles. The molecule has 31 heavy (non-hydrogen) atoms. The van der Waals surface area contributed by atoms with Crippen LogP contribution in [0.5, 0.6) is 0 Å². The second-order valence-corrected chi connectivity index (χ2v) is 7.66. The molecule has 7 heteroatoms. The van der Waals surface area contributed by atoms with Gasteiger partial charge in [0.05, 0.1) is 28.4 Å². The van der Waals surface area contributed by atoms with Crippen LogP contribution in [0.1, 0.15) is 15.9 Å². The van der Waals surface area contributed by atoms with Crippen LogP contribution in [0, 0.1) is 11.3 Å². The number of nitriles is 1. The van der Waals surface area contributed by atoms with Crippen molar-refractivity contribution in [2.45, 2.75) is 11.7 Å². The first-order chi connectivity index (χ1) is 15.2. The number of thioether (sulfide) groups is 1. The van der Waals surface area contributed by atoms with Crippen molar-refractivity contribution < 1.29 is 4.79 Å². The number of benzene rings is 3. The lowest BCUT2D eigenvalue weighted by Crippen LogP contribution is -2.24. The standard InChI is InChI=1S/C24H18N4O2S/c25-13-14-31-24-27-21-15-18(22(29)26-16-17-7-3-1-4-8-17)11-12-20(21)23(30)28(24)19-9-5-2-6-10-19/h1-12,15H,14,16H2,(H,26,29). The summed E-state index contributed by atoms with van der Waals surface area (Å²) in [5.74, 6) is -0.0896. The van der Waals surface area contributed by atoms with Gasteiger partial charge in [0.15, 0.2) is 5.16 Å². The van der Waals surface area contributed by atoms with Crippen molar-refractivity contribution >= 4 is 28.6 Å². The van der Waals surface area contributed by atoms with Crippen molar-refractivity contribution in [1.82, 2.24) is 14.9 Å². The summed E-state index contributed by atoms with van der Waals surface area (Å²) >= 11 is 1.18. The van der Waals surface area contributed by atoms with Gasteiger partial charge in [0.25, 0.3) is 11.5 Å². The van der Waals surface area contributed by atoms with Crippen LogP contribution in [0.25, 0.3) is 16.6 Å². The summed E-state index contributed by atoms with van der Waals surface area (Å²) in [6.45, 7) is 0.407. The van der Waals surface area contributed by atoms with Gasteiger partial charge in [-0.1, -0.05) is 60.3 Å². The van der Waals surface area contributed by atoms with E-state index in [1.807, 2.05) is 60.7 Å². The third-order valence-corrected chi connectivity index (χ3v) is 5.48. The van der Waals surface area contributed by atoms with Crippen LogP contribution in [0.2, 0.25) is 0 Å². The van der Waals surface area contributed by atoms with Gasteiger partial charge in [-0.3, -0.25) is 14.2 Å². The van der Waals surface area contributed by atoms with E-state index in [1.54, 1.807) is 18.2 Å². The molecule has 0 spiro atoms. The summed E-state index contributed by atoms with van der Waals surface area (Å²) in [5.41, 5.74) is 2.27. The molecule has 0 bridgehead atoms. The molecule has 0 saturated heterocycles. The predicted octanol–water partition coefficient (Wildman–Crippen LogP) is 3.93. The van der Waals surface area contributed by atoms with E-state index in [0.717, 1.165) is 5.56 Å². The summed E-state index contributed by atoms with van der Waals surface area (Å²) < 4.78 is 1.50. The summed E-state index contributed by atoms with van der Waals surface area (Å²) in [6.07, 6.45) is 0. The van der Waals surface area contributed by atoms with Gasteiger partial charge in [-0.15, -0.1) is 0 Å². The first-order valence-electron chi connectivity index (χ1n) is 9.61. The number of aromatic nitrogens is 2. The van der Waals surface area contributed by atoms with E-state index < -0.39 is 0 Å². The van der Waals surface area contributed by atoms with Gasteiger partial charge in [-0.2, -0.15) is 5.26 Å². The van der Waals surface area contributed by atoms with Crippen molar-refractivity contribution in [3.63, 3.8) is 0 Å². The van der Waals surface area contributed by atoms with E-state index in [4.69, 9.17) is 5.26 Å². The highest BCUT2D eigenvalue weighted by Crippen LogP contribution is 2.21. The zero-order chi connectivity index (χ0) is 21.6. The largest absolute Gasteiger partial charge is 0.348 e. The maximum atomic E-state index is 13.2. The average molecular weight is 427 g/mol. The Kier molecular flexibility index (Phi) is 6.11. The van der Waals surface area contributed by atoms with E-state index in [0.29, 0.717) is 33.9 Å². The Bertz CT molecular complexity index is 1330. The van der Waals surface area contributed by atoms with E-state index in [-0.39, 0.29) is 17.2 Å². The van der Waals surface area contributed by atoms with Gasteiger partial charge in [-0.25, -0.2) is 4.98 Å². The van der Waals surface area contributed by atoms with Crippen molar-refractivity contribution in [2.75, 3.05) is 5.75 Å². The second-order valence-electron chi connectivity index (χ2n) is 6.72. The number of carbonyl (C=O) groups is 1. The summed E-state index contributed by atoms with van der Waals surface area (Å²) in [6, 6.07) is 25.7. The highest BCUT2D eigenvalue weighted by molar-refractivity contribution is 7.99. The molecule has 0 aliphatic carbocycles. The Morgan fingerprint density at radius 3 is 2.45 bits per heavy atom. The smallest absolute Gasteiger partial charge is 0.266 e. The monoisotopic (exact) mass is 426 g/mol. The Balaban J connectivity index is 1.71. The van der Waals surface area contributed by atoms with Gasteiger partial charge >= 0.3 is 0 Å². The van der Waals surface area contributed by atoms with Gasteiger partial charge in [-0.05, 0) is 35.9 Å². The lowest BCUT2D eigenvalue weighted by molar-refractivity contribution is 0.0951. The summed E-state index contributed by atoms with van der Waals surface area (Å²) in [5, 5.41) is 12.7. The molecular weight excluding hydrogens is 408 g/mol. The predicted molar refractivity (Wildman–Crippen MR) is 121 cm³/mol. The summed E-state index contributed by atoms with van der Waals surface area (Å²) in [7, 11) is 0. The molecule has 4 aromatic rings. The Labute approximate surface area is 183 Å². The van der Waals surface area contributed by atoms with E-state index in [9.17, 15) is 9.59 Å². The van der Waals surface area contributed by atoms with Crippen LogP contribution in [-0.2, 0) is 6.54 Å². The van der Waals surface area contributed by atoms with E-state index in [2.05, 4.69) is 16.4 Å². The maximum Gasteiger partial charge on any atom is 0.266 e. The molecule has 1 N–H and O–H groups in total. The molecule has 0 atom stereocenters. The fourth-order valence-electron chi connectivity index (χ4n) is 3.19. The number of nitrogens with zero attached hydrogens (tertiary/aromatic N) is 3. The number of amides is 1. The third-order valence-electron chi connectivity index (χ3n) is 4.68. The number of carbonyl (C=O) groups excluding carboxylic acids is 1. The molecule has 1 heterocycles. The fourth-order valence-corrected chi connectivity index (χ4v) is 3.86. The second kappa shape index (κ2) is 9.28. The minimum Gasteiger partial charge on any atom is -0.348 e. The molecule has 1 amide bonds.